The summed E-state index contributed by atoms with van der Waals surface area (Å²) in [6.07, 6.45) is 1.26. The third-order valence-electron chi connectivity index (χ3n) is 4.64. The van der Waals surface area contributed by atoms with Gasteiger partial charge in [-0.15, -0.1) is 0 Å². The molecule has 1 aliphatic rings. The largest absolute Gasteiger partial charge is 0.445 e. The Balaban J connectivity index is 1.48. The van der Waals surface area contributed by atoms with Crippen molar-refractivity contribution in [1.82, 2.24) is 15.6 Å². The van der Waals surface area contributed by atoms with E-state index in [1.165, 1.54) is 0 Å². The highest BCUT2D eigenvalue weighted by molar-refractivity contribution is 5.90. The summed E-state index contributed by atoms with van der Waals surface area (Å²) < 4.78 is 10.6. The topological polar surface area (TPSA) is 125 Å². The number of hydrogen-bond acceptors (Lipinski definition) is 7. The van der Waals surface area contributed by atoms with Gasteiger partial charge in [-0.2, -0.15) is 5.26 Å². The smallest absolute Gasteiger partial charge is 0.408 e. The lowest BCUT2D eigenvalue weighted by Crippen LogP contribution is -2.60. The molecule has 9 nitrogen and oxygen atoms in total. The van der Waals surface area contributed by atoms with Crippen LogP contribution in [0.2, 0.25) is 0 Å². The van der Waals surface area contributed by atoms with E-state index < -0.39 is 11.6 Å². The second-order valence-corrected chi connectivity index (χ2v) is 6.77. The normalized spacial score (nSPS) is 17.6. The van der Waals surface area contributed by atoms with Crippen molar-refractivity contribution in [3.63, 3.8) is 0 Å². The molecule has 3 rings (SSSR count). The monoisotopic (exact) mass is 409 g/mol. The lowest BCUT2D eigenvalue weighted by atomic mass is 9.98. The predicted octanol–water partition coefficient (Wildman–Crippen LogP) is 1.57. The lowest BCUT2D eigenvalue weighted by molar-refractivity contribution is -0.127. The van der Waals surface area contributed by atoms with Gasteiger partial charge in [0.1, 0.15) is 24.0 Å². The van der Waals surface area contributed by atoms with Crippen LogP contribution < -0.4 is 16.0 Å². The first-order chi connectivity index (χ1) is 14.6. The molecule has 1 fully saturated rings. The van der Waals surface area contributed by atoms with Crippen LogP contribution in [0.15, 0.2) is 48.7 Å². The van der Waals surface area contributed by atoms with E-state index in [4.69, 9.17) is 14.7 Å². The highest BCUT2D eigenvalue weighted by Crippen LogP contribution is 2.19. The molecule has 1 aromatic carbocycles. The summed E-state index contributed by atoms with van der Waals surface area (Å²) in [5.74, 6) is 0.107. The molecule has 1 atom stereocenters. The number of alkyl carbamates (subject to hydrolysis) is 1. The van der Waals surface area contributed by atoms with Crippen molar-refractivity contribution in [2.75, 3.05) is 31.6 Å². The van der Waals surface area contributed by atoms with E-state index in [9.17, 15) is 9.59 Å². The number of aromatic nitrogens is 1. The zero-order valence-corrected chi connectivity index (χ0v) is 16.4. The first kappa shape index (κ1) is 21.1. The summed E-state index contributed by atoms with van der Waals surface area (Å²) >= 11 is 0. The summed E-state index contributed by atoms with van der Waals surface area (Å²) in [5, 5.41) is 17.5. The number of anilines is 1. The zero-order valence-electron chi connectivity index (χ0n) is 16.4. The Labute approximate surface area is 174 Å². The zero-order chi connectivity index (χ0) is 21.2. The van der Waals surface area contributed by atoms with E-state index >= 15 is 0 Å². The standard InChI is InChI=1S/C21H23N5O4/c22-13-17-7-4-9-23-18(17)24-10-11-25-19(27)21(8-12-29-15-21)26-20(28)30-14-16-5-2-1-3-6-16/h1-7,9H,8,10-12,14-15H2,(H,23,24)(H,25,27)(H,26,28). The third kappa shape index (κ3) is 5.46. The molecule has 1 saturated heterocycles. The molecule has 2 heterocycles. The van der Waals surface area contributed by atoms with Gasteiger partial charge in [-0.3, -0.25) is 4.79 Å². The number of carbonyl (C=O) groups is 2. The Bertz CT molecular complexity index is 907. The number of benzene rings is 1. The number of hydrogen-bond donors (Lipinski definition) is 3. The molecule has 0 aliphatic carbocycles. The highest BCUT2D eigenvalue weighted by atomic mass is 16.5. The van der Waals surface area contributed by atoms with Crippen LogP contribution in [-0.4, -0.2) is 48.8 Å². The summed E-state index contributed by atoms with van der Waals surface area (Å²) in [7, 11) is 0. The van der Waals surface area contributed by atoms with Crippen molar-refractivity contribution < 1.29 is 19.1 Å². The quantitative estimate of drug-likeness (QED) is 0.565. The Hall–Kier alpha value is -3.64. The van der Waals surface area contributed by atoms with Crippen molar-refractivity contribution >= 4 is 17.8 Å². The van der Waals surface area contributed by atoms with Gasteiger partial charge in [-0.05, 0) is 17.7 Å². The van der Waals surface area contributed by atoms with Crippen LogP contribution >= 0.6 is 0 Å². The Kier molecular flexibility index (Phi) is 7.19. The Morgan fingerprint density at radius 3 is 2.77 bits per heavy atom. The number of nitriles is 1. The number of amides is 2. The van der Waals surface area contributed by atoms with E-state index in [-0.39, 0.29) is 25.7 Å². The molecule has 2 amide bonds. The molecular formula is C21H23N5O4. The van der Waals surface area contributed by atoms with Crippen LogP contribution in [0, 0.1) is 11.3 Å². The molecule has 9 heteroatoms. The number of pyridine rings is 1. The van der Waals surface area contributed by atoms with Crippen LogP contribution in [0.5, 0.6) is 0 Å². The highest BCUT2D eigenvalue weighted by Gasteiger charge is 2.44. The first-order valence-electron chi connectivity index (χ1n) is 9.57. The van der Waals surface area contributed by atoms with Crippen molar-refractivity contribution in [3.05, 3.63) is 59.8 Å². The molecule has 0 bridgehead atoms. The molecule has 1 aliphatic heterocycles. The van der Waals surface area contributed by atoms with E-state index in [0.29, 0.717) is 31.0 Å². The van der Waals surface area contributed by atoms with Crippen molar-refractivity contribution in [2.45, 2.75) is 18.6 Å². The summed E-state index contributed by atoms with van der Waals surface area (Å²) in [4.78, 5) is 29.1. The van der Waals surface area contributed by atoms with Gasteiger partial charge < -0.3 is 25.4 Å². The van der Waals surface area contributed by atoms with Crippen LogP contribution in [0.1, 0.15) is 17.5 Å². The van der Waals surface area contributed by atoms with Crippen LogP contribution in [-0.2, 0) is 20.9 Å². The molecular weight excluding hydrogens is 386 g/mol. The average molecular weight is 409 g/mol. The fourth-order valence-electron chi connectivity index (χ4n) is 3.02. The van der Waals surface area contributed by atoms with Crippen LogP contribution in [0.4, 0.5) is 10.6 Å². The number of nitrogens with one attached hydrogen (secondary N) is 3. The Morgan fingerprint density at radius 1 is 1.20 bits per heavy atom. The maximum absolute atomic E-state index is 12.8. The van der Waals surface area contributed by atoms with E-state index in [2.05, 4.69) is 27.0 Å². The van der Waals surface area contributed by atoms with Gasteiger partial charge in [-0.25, -0.2) is 9.78 Å². The molecule has 0 saturated carbocycles. The van der Waals surface area contributed by atoms with Crippen molar-refractivity contribution in [2.24, 2.45) is 0 Å². The second kappa shape index (κ2) is 10.2. The number of rotatable bonds is 8. The van der Waals surface area contributed by atoms with E-state index in [1.807, 2.05) is 30.3 Å². The fraction of sp³-hybridized carbons (Fsp3) is 0.333. The SMILES string of the molecule is N#Cc1cccnc1NCCNC(=O)C1(NC(=O)OCc2ccccc2)CCOC1. The molecule has 1 unspecified atom stereocenters. The minimum absolute atomic E-state index is 0.0749. The molecule has 30 heavy (non-hydrogen) atoms. The molecule has 3 N–H and O–H groups in total. The van der Waals surface area contributed by atoms with Gasteiger partial charge in [-0.1, -0.05) is 30.3 Å². The minimum Gasteiger partial charge on any atom is -0.445 e. The number of nitrogens with zero attached hydrogens (tertiary/aromatic N) is 2. The van der Waals surface area contributed by atoms with Crippen LogP contribution in [0.3, 0.4) is 0 Å². The average Bonchev–Trinajstić information content (AvgIpc) is 3.25. The van der Waals surface area contributed by atoms with E-state index in [0.717, 1.165) is 5.56 Å². The first-order valence-corrected chi connectivity index (χ1v) is 9.57. The second-order valence-electron chi connectivity index (χ2n) is 6.77. The number of ether oxygens (including phenoxy) is 2. The summed E-state index contributed by atoms with van der Waals surface area (Å²) in [6, 6.07) is 14.7. The lowest BCUT2D eigenvalue weighted by Gasteiger charge is -2.27. The van der Waals surface area contributed by atoms with Gasteiger partial charge in [0.25, 0.3) is 0 Å². The maximum Gasteiger partial charge on any atom is 0.408 e. The van der Waals surface area contributed by atoms with Crippen molar-refractivity contribution in [3.8, 4) is 6.07 Å². The molecule has 1 aromatic heterocycles. The molecule has 0 spiro atoms. The van der Waals surface area contributed by atoms with Crippen LogP contribution in [0.25, 0.3) is 0 Å². The van der Waals surface area contributed by atoms with Gasteiger partial charge in [0.15, 0.2) is 0 Å². The predicted molar refractivity (Wildman–Crippen MR) is 108 cm³/mol. The van der Waals surface area contributed by atoms with Crippen molar-refractivity contribution in [1.29, 1.82) is 5.26 Å². The van der Waals surface area contributed by atoms with E-state index in [1.54, 1.807) is 18.3 Å². The summed E-state index contributed by atoms with van der Waals surface area (Å²) in [6.45, 7) is 1.20. The fourth-order valence-corrected chi connectivity index (χ4v) is 3.02. The molecule has 156 valence electrons. The van der Waals surface area contributed by atoms with Gasteiger partial charge in [0.05, 0.1) is 12.2 Å². The van der Waals surface area contributed by atoms with Gasteiger partial charge in [0.2, 0.25) is 5.91 Å². The Morgan fingerprint density at radius 2 is 2.03 bits per heavy atom. The maximum atomic E-state index is 12.8. The van der Waals surface area contributed by atoms with Gasteiger partial charge in [0, 0.05) is 32.3 Å². The molecule has 0 radical (unpaired) electrons. The van der Waals surface area contributed by atoms with Gasteiger partial charge >= 0.3 is 6.09 Å². The molecule has 2 aromatic rings. The minimum atomic E-state index is -1.17. The third-order valence-corrected chi connectivity index (χ3v) is 4.64. The number of carbonyl (C=O) groups excluding carboxylic acids is 2. The summed E-state index contributed by atoms with van der Waals surface area (Å²) in [5.41, 5.74) is 0.106.